The van der Waals surface area contributed by atoms with Crippen LogP contribution in [0.3, 0.4) is 0 Å². The Balaban J connectivity index is 1.90. The molecule has 0 spiro atoms. The molecule has 3 aromatic heterocycles. The van der Waals surface area contributed by atoms with Crippen molar-refractivity contribution in [2.75, 3.05) is 12.4 Å². The maximum absolute atomic E-state index is 5.17. The normalized spacial score (nSPS) is 12.7. The molecule has 122 valence electrons. The number of aryl methyl sites for hydroxylation is 1. The van der Waals surface area contributed by atoms with Gasteiger partial charge in [0, 0.05) is 39.1 Å². The average Bonchev–Trinajstić information content (AvgIpc) is 3.18. The number of hydrogen-bond donors (Lipinski definition) is 1. The van der Waals surface area contributed by atoms with Gasteiger partial charge in [-0.05, 0) is 6.42 Å². The van der Waals surface area contributed by atoms with E-state index in [1.807, 2.05) is 19.6 Å². The summed E-state index contributed by atoms with van der Waals surface area (Å²) in [5.74, 6) is 1.44. The van der Waals surface area contributed by atoms with E-state index in [0.717, 1.165) is 29.8 Å². The third-order valence-corrected chi connectivity index (χ3v) is 3.74. The first kappa shape index (κ1) is 15.4. The number of rotatable bonds is 7. The second-order valence-corrected chi connectivity index (χ2v) is 5.44. The van der Waals surface area contributed by atoms with Crippen molar-refractivity contribution in [3.8, 4) is 0 Å². The molecule has 0 fully saturated rings. The number of hydrogen-bond acceptors (Lipinski definition) is 6. The molecule has 0 amide bonds. The van der Waals surface area contributed by atoms with E-state index in [0.29, 0.717) is 12.4 Å². The summed E-state index contributed by atoms with van der Waals surface area (Å²) in [5, 5.41) is 8.71. The molecule has 1 atom stereocenters. The van der Waals surface area contributed by atoms with Gasteiger partial charge < -0.3 is 14.6 Å². The van der Waals surface area contributed by atoms with Gasteiger partial charge in [0.25, 0.3) is 0 Å². The molecule has 0 radical (unpaired) electrons. The number of anilines is 1. The van der Waals surface area contributed by atoms with Gasteiger partial charge in [-0.1, -0.05) is 6.92 Å². The van der Waals surface area contributed by atoms with E-state index in [9.17, 15) is 0 Å². The molecule has 3 aromatic rings. The summed E-state index contributed by atoms with van der Waals surface area (Å²) < 4.78 is 8.97. The predicted octanol–water partition coefficient (Wildman–Crippen LogP) is 1.60. The molecule has 0 aromatic carbocycles. The van der Waals surface area contributed by atoms with E-state index in [-0.39, 0.29) is 6.04 Å². The van der Waals surface area contributed by atoms with Crippen molar-refractivity contribution in [1.82, 2.24) is 29.3 Å². The largest absolute Gasteiger partial charge is 0.377 e. The molecule has 0 aliphatic heterocycles. The quantitative estimate of drug-likeness (QED) is 0.713. The molecule has 8 heteroatoms. The van der Waals surface area contributed by atoms with Gasteiger partial charge in [-0.3, -0.25) is 4.68 Å². The molecule has 3 heterocycles. The standard InChI is InChI=1S/C15H21N7O/c1-4-11(8-22-6-5-16-10-22)18-14-12-7-17-21(2)15(12)20-13(19-14)9-23-3/h5-7,10-11H,4,8-9H2,1-3H3,(H,18,19,20). The molecule has 1 unspecified atom stereocenters. The first-order chi connectivity index (χ1) is 11.2. The summed E-state index contributed by atoms with van der Waals surface area (Å²) >= 11 is 0. The van der Waals surface area contributed by atoms with Crippen molar-refractivity contribution in [3.63, 3.8) is 0 Å². The van der Waals surface area contributed by atoms with Gasteiger partial charge in [-0.2, -0.15) is 5.10 Å². The lowest BCUT2D eigenvalue weighted by atomic mass is 10.2. The molecule has 0 bridgehead atoms. The first-order valence-electron chi connectivity index (χ1n) is 7.61. The van der Waals surface area contributed by atoms with Crippen LogP contribution in [-0.2, 0) is 24.9 Å². The van der Waals surface area contributed by atoms with E-state index >= 15 is 0 Å². The highest BCUT2D eigenvalue weighted by Gasteiger charge is 2.15. The van der Waals surface area contributed by atoms with Crippen LogP contribution in [0.2, 0.25) is 0 Å². The first-order valence-corrected chi connectivity index (χ1v) is 7.61. The summed E-state index contributed by atoms with van der Waals surface area (Å²) in [5.41, 5.74) is 0.798. The Labute approximate surface area is 134 Å². The topological polar surface area (TPSA) is 82.7 Å². The van der Waals surface area contributed by atoms with Gasteiger partial charge in [0.05, 0.1) is 17.9 Å². The highest BCUT2D eigenvalue weighted by atomic mass is 16.5. The van der Waals surface area contributed by atoms with Crippen molar-refractivity contribution in [2.24, 2.45) is 7.05 Å². The molecule has 8 nitrogen and oxygen atoms in total. The Bertz CT molecular complexity index is 766. The van der Waals surface area contributed by atoms with Gasteiger partial charge in [-0.25, -0.2) is 15.0 Å². The van der Waals surface area contributed by atoms with Crippen molar-refractivity contribution in [1.29, 1.82) is 0 Å². The lowest BCUT2D eigenvalue weighted by Crippen LogP contribution is -2.25. The summed E-state index contributed by atoms with van der Waals surface area (Å²) in [6.07, 6.45) is 8.32. The smallest absolute Gasteiger partial charge is 0.163 e. The maximum Gasteiger partial charge on any atom is 0.163 e. The third-order valence-electron chi connectivity index (χ3n) is 3.74. The van der Waals surface area contributed by atoms with Gasteiger partial charge in [-0.15, -0.1) is 0 Å². The molecular formula is C15H21N7O. The van der Waals surface area contributed by atoms with Gasteiger partial charge in [0.2, 0.25) is 0 Å². The molecular weight excluding hydrogens is 294 g/mol. The minimum atomic E-state index is 0.234. The number of methoxy groups -OCH3 is 1. The number of aromatic nitrogens is 6. The lowest BCUT2D eigenvalue weighted by molar-refractivity contribution is 0.178. The number of nitrogens with one attached hydrogen (secondary N) is 1. The Hall–Kier alpha value is -2.48. The van der Waals surface area contributed by atoms with E-state index < -0.39 is 0 Å². The number of fused-ring (bicyclic) bond motifs is 1. The zero-order valence-corrected chi connectivity index (χ0v) is 13.6. The van der Waals surface area contributed by atoms with Crippen LogP contribution in [0.5, 0.6) is 0 Å². The van der Waals surface area contributed by atoms with Gasteiger partial charge in [0.15, 0.2) is 11.5 Å². The number of imidazole rings is 1. The zero-order chi connectivity index (χ0) is 16.2. The van der Waals surface area contributed by atoms with Crippen LogP contribution in [0.1, 0.15) is 19.2 Å². The second kappa shape index (κ2) is 6.74. The molecule has 0 saturated heterocycles. The second-order valence-electron chi connectivity index (χ2n) is 5.44. The van der Waals surface area contributed by atoms with Crippen LogP contribution >= 0.6 is 0 Å². The predicted molar refractivity (Wildman–Crippen MR) is 86.9 cm³/mol. The van der Waals surface area contributed by atoms with E-state index in [1.54, 1.807) is 24.2 Å². The van der Waals surface area contributed by atoms with Crippen LogP contribution in [0, 0.1) is 0 Å². The van der Waals surface area contributed by atoms with Crippen molar-refractivity contribution >= 4 is 16.9 Å². The molecule has 0 aliphatic carbocycles. The van der Waals surface area contributed by atoms with E-state index in [2.05, 4.69) is 36.9 Å². The molecule has 0 aliphatic rings. The van der Waals surface area contributed by atoms with Crippen molar-refractivity contribution < 1.29 is 4.74 Å². The van der Waals surface area contributed by atoms with Crippen molar-refractivity contribution in [2.45, 2.75) is 32.5 Å². The molecule has 0 saturated carbocycles. The summed E-state index contributed by atoms with van der Waals surface area (Å²) in [7, 11) is 3.51. The fraction of sp³-hybridized carbons (Fsp3) is 0.467. The number of ether oxygens (including phenoxy) is 1. The highest BCUT2D eigenvalue weighted by Crippen LogP contribution is 2.21. The zero-order valence-electron chi connectivity index (χ0n) is 13.6. The molecule has 3 rings (SSSR count). The SMILES string of the molecule is CCC(Cn1ccnc1)Nc1nc(COC)nc2c1cnn2C. The van der Waals surface area contributed by atoms with Gasteiger partial charge in [0.1, 0.15) is 12.4 Å². The van der Waals surface area contributed by atoms with E-state index in [1.165, 1.54) is 0 Å². The van der Waals surface area contributed by atoms with Crippen LogP contribution < -0.4 is 5.32 Å². The Kier molecular flexibility index (Phi) is 4.52. The van der Waals surface area contributed by atoms with Crippen LogP contribution in [0.4, 0.5) is 5.82 Å². The summed E-state index contributed by atoms with van der Waals surface area (Å²) in [6.45, 7) is 3.34. The van der Waals surface area contributed by atoms with Crippen LogP contribution in [-0.4, -0.2) is 42.5 Å². The maximum atomic E-state index is 5.17. The average molecular weight is 315 g/mol. The summed E-state index contributed by atoms with van der Waals surface area (Å²) in [4.78, 5) is 13.2. The Morgan fingerprint density at radius 2 is 2.22 bits per heavy atom. The Morgan fingerprint density at radius 1 is 1.35 bits per heavy atom. The third kappa shape index (κ3) is 3.31. The van der Waals surface area contributed by atoms with Crippen LogP contribution in [0.15, 0.2) is 24.9 Å². The fourth-order valence-electron chi connectivity index (χ4n) is 2.49. The molecule has 1 N–H and O–H groups in total. The highest BCUT2D eigenvalue weighted by molar-refractivity contribution is 5.86. The number of nitrogens with zero attached hydrogens (tertiary/aromatic N) is 6. The minimum Gasteiger partial charge on any atom is -0.377 e. The van der Waals surface area contributed by atoms with Crippen LogP contribution in [0.25, 0.3) is 11.0 Å². The monoisotopic (exact) mass is 315 g/mol. The molecule has 23 heavy (non-hydrogen) atoms. The fourth-order valence-corrected chi connectivity index (χ4v) is 2.49. The van der Waals surface area contributed by atoms with E-state index in [4.69, 9.17) is 4.74 Å². The lowest BCUT2D eigenvalue weighted by Gasteiger charge is -2.19. The Morgan fingerprint density at radius 3 is 2.91 bits per heavy atom. The van der Waals surface area contributed by atoms with Crippen molar-refractivity contribution in [3.05, 3.63) is 30.7 Å². The minimum absolute atomic E-state index is 0.234. The van der Waals surface area contributed by atoms with Gasteiger partial charge >= 0.3 is 0 Å². The summed E-state index contributed by atoms with van der Waals surface area (Å²) in [6, 6.07) is 0.234.